The molecule has 0 aromatic heterocycles. The minimum absolute atomic E-state index is 0.0139. The van der Waals surface area contributed by atoms with Gasteiger partial charge in [0.1, 0.15) is 5.75 Å². The molecule has 4 heteroatoms. The third-order valence-corrected chi connectivity index (χ3v) is 4.15. The molecule has 4 nitrogen and oxygen atoms in total. The van der Waals surface area contributed by atoms with E-state index in [2.05, 4.69) is 5.32 Å². The van der Waals surface area contributed by atoms with Gasteiger partial charge in [0.05, 0.1) is 13.2 Å². The highest BCUT2D eigenvalue weighted by molar-refractivity contribution is 5.77. The number of methoxy groups -OCH3 is 1. The third kappa shape index (κ3) is 3.31. The number of nitrogens with one attached hydrogen (secondary N) is 1. The molecule has 1 fully saturated rings. The predicted octanol–water partition coefficient (Wildman–Crippen LogP) is 2.36. The van der Waals surface area contributed by atoms with Gasteiger partial charge in [-0.05, 0) is 32.4 Å². The molecule has 0 aliphatic carbocycles. The number of carbonyl (C=O) groups excluding carboxylic acids is 1. The summed E-state index contributed by atoms with van der Waals surface area (Å²) in [4.78, 5) is 14.2. The van der Waals surface area contributed by atoms with Crippen LogP contribution in [0, 0.1) is 0 Å². The van der Waals surface area contributed by atoms with E-state index in [1.807, 2.05) is 43.1 Å². The molecule has 20 heavy (non-hydrogen) atoms. The maximum atomic E-state index is 12.4. The van der Waals surface area contributed by atoms with Crippen LogP contribution in [-0.4, -0.2) is 37.6 Å². The average Bonchev–Trinajstić information content (AvgIpc) is 2.98. The second-order valence-electron chi connectivity index (χ2n) is 5.42. The van der Waals surface area contributed by atoms with Crippen molar-refractivity contribution in [1.29, 1.82) is 0 Å². The van der Waals surface area contributed by atoms with Crippen LogP contribution in [-0.2, 0) is 4.79 Å². The standard InChI is InChI=1S/C16H24N2O2/c1-12(14-8-4-5-9-15(14)20-3)18(2)16(19)11-13-7-6-10-17-13/h4-5,8-9,12-13,17H,6-7,10-11H2,1-3H3. The quantitative estimate of drug-likeness (QED) is 0.897. The summed E-state index contributed by atoms with van der Waals surface area (Å²) in [5.74, 6) is 1.02. The number of para-hydroxylation sites is 1. The molecule has 1 saturated heterocycles. The number of hydrogen-bond acceptors (Lipinski definition) is 3. The summed E-state index contributed by atoms with van der Waals surface area (Å²) in [6, 6.07) is 8.23. The van der Waals surface area contributed by atoms with Crippen molar-refractivity contribution in [2.75, 3.05) is 20.7 Å². The number of benzene rings is 1. The molecule has 2 atom stereocenters. The third-order valence-electron chi connectivity index (χ3n) is 4.15. The van der Waals surface area contributed by atoms with Gasteiger partial charge in [0.25, 0.3) is 0 Å². The fraction of sp³-hybridized carbons (Fsp3) is 0.562. The van der Waals surface area contributed by atoms with Gasteiger partial charge in [0, 0.05) is 25.1 Å². The average molecular weight is 276 g/mol. The molecule has 1 aliphatic heterocycles. The molecule has 0 radical (unpaired) electrons. The van der Waals surface area contributed by atoms with Gasteiger partial charge >= 0.3 is 0 Å². The highest BCUT2D eigenvalue weighted by atomic mass is 16.5. The molecule has 2 rings (SSSR count). The van der Waals surface area contributed by atoms with Crippen LogP contribution in [0.3, 0.4) is 0 Å². The van der Waals surface area contributed by atoms with E-state index in [9.17, 15) is 4.79 Å². The zero-order chi connectivity index (χ0) is 14.5. The van der Waals surface area contributed by atoms with Crippen molar-refractivity contribution in [1.82, 2.24) is 10.2 Å². The SMILES string of the molecule is COc1ccccc1C(C)N(C)C(=O)CC1CCCN1. The van der Waals surface area contributed by atoms with E-state index in [0.717, 1.165) is 24.3 Å². The molecule has 1 aromatic carbocycles. The summed E-state index contributed by atoms with van der Waals surface area (Å²) >= 11 is 0. The molecule has 0 spiro atoms. The lowest BCUT2D eigenvalue weighted by atomic mass is 10.0. The number of nitrogens with zero attached hydrogens (tertiary/aromatic N) is 1. The zero-order valence-corrected chi connectivity index (χ0v) is 12.6. The fourth-order valence-corrected chi connectivity index (χ4v) is 2.72. The number of ether oxygens (including phenoxy) is 1. The monoisotopic (exact) mass is 276 g/mol. The Morgan fingerprint density at radius 1 is 1.50 bits per heavy atom. The van der Waals surface area contributed by atoms with Crippen LogP contribution < -0.4 is 10.1 Å². The molecular weight excluding hydrogens is 252 g/mol. The summed E-state index contributed by atoms with van der Waals surface area (Å²) in [6.45, 7) is 3.07. The van der Waals surface area contributed by atoms with E-state index in [0.29, 0.717) is 12.5 Å². The van der Waals surface area contributed by atoms with Crippen molar-refractivity contribution in [3.8, 4) is 5.75 Å². The van der Waals surface area contributed by atoms with E-state index in [-0.39, 0.29) is 11.9 Å². The Morgan fingerprint density at radius 3 is 2.90 bits per heavy atom. The van der Waals surface area contributed by atoms with Gasteiger partial charge in [-0.25, -0.2) is 0 Å². The van der Waals surface area contributed by atoms with Crippen molar-refractivity contribution < 1.29 is 9.53 Å². The Balaban J connectivity index is 2.03. The van der Waals surface area contributed by atoms with E-state index < -0.39 is 0 Å². The highest BCUT2D eigenvalue weighted by Gasteiger charge is 2.24. The van der Waals surface area contributed by atoms with Crippen molar-refractivity contribution >= 4 is 5.91 Å². The lowest BCUT2D eigenvalue weighted by molar-refractivity contribution is -0.132. The summed E-state index contributed by atoms with van der Waals surface area (Å²) in [6.07, 6.45) is 2.85. The molecule has 0 bridgehead atoms. The van der Waals surface area contributed by atoms with Gasteiger partial charge in [0.15, 0.2) is 0 Å². The second-order valence-corrected chi connectivity index (χ2v) is 5.42. The first kappa shape index (κ1) is 14.9. The lowest BCUT2D eigenvalue weighted by Gasteiger charge is -2.27. The van der Waals surface area contributed by atoms with Gasteiger partial charge < -0.3 is 15.0 Å². The molecule has 1 heterocycles. The van der Waals surface area contributed by atoms with Crippen LogP contribution in [0.15, 0.2) is 24.3 Å². The van der Waals surface area contributed by atoms with Crippen molar-refractivity contribution in [3.63, 3.8) is 0 Å². The zero-order valence-electron chi connectivity index (χ0n) is 12.6. The smallest absolute Gasteiger partial charge is 0.224 e. The molecule has 1 aliphatic rings. The highest BCUT2D eigenvalue weighted by Crippen LogP contribution is 2.28. The second kappa shape index (κ2) is 6.75. The summed E-state index contributed by atoms with van der Waals surface area (Å²) in [5, 5.41) is 3.37. The van der Waals surface area contributed by atoms with Crippen LogP contribution in [0.4, 0.5) is 0 Å². The predicted molar refractivity (Wildman–Crippen MR) is 79.8 cm³/mol. The van der Waals surface area contributed by atoms with Gasteiger partial charge in [-0.2, -0.15) is 0 Å². The van der Waals surface area contributed by atoms with Crippen LogP contribution >= 0.6 is 0 Å². The Hall–Kier alpha value is -1.55. The summed E-state index contributed by atoms with van der Waals surface area (Å²) < 4.78 is 5.38. The number of amides is 1. The lowest BCUT2D eigenvalue weighted by Crippen LogP contribution is -2.35. The Bertz CT molecular complexity index is 456. The Kier molecular flexibility index (Phi) is 5.01. The first-order valence-electron chi connectivity index (χ1n) is 7.25. The minimum Gasteiger partial charge on any atom is -0.496 e. The Morgan fingerprint density at radius 2 is 2.25 bits per heavy atom. The van der Waals surface area contributed by atoms with Crippen molar-refractivity contribution in [2.24, 2.45) is 0 Å². The molecule has 1 N–H and O–H groups in total. The van der Waals surface area contributed by atoms with E-state index in [4.69, 9.17) is 4.74 Å². The van der Waals surface area contributed by atoms with E-state index in [1.54, 1.807) is 7.11 Å². The summed E-state index contributed by atoms with van der Waals surface area (Å²) in [7, 11) is 3.53. The van der Waals surface area contributed by atoms with Gasteiger partial charge in [-0.15, -0.1) is 0 Å². The van der Waals surface area contributed by atoms with Gasteiger partial charge in [-0.3, -0.25) is 4.79 Å². The summed E-state index contributed by atoms with van der Waals surface area (Å²) in [5.41, 5.74) is 1.05. The fourth-order valence-electron chi connectivity index (χ4n) is 2.72. The minimum atomic E-state index is 0.0139. The number of hydrogen-bond donors (Lipinski definition) is 1. The van der Waals surface area contributed by atoms with E-state index in [1.165, 1.54) is 6.42 Å². The van der Waals surface area contributed by atoms with Crippen LogP contribution in [0.1, 0.15) is 37.8 Å². The Labute approximate surface area is 121 Å². The van der Waals surface area contributed by atoms with Crippen LogP contribution in [0.5, 0.6) is 5.75 Å². The van der Waals surface area contributed by atoms with Crippen LogP contribution in [0.25, 0.3) is 0 Å². The molecule has 2 unspecified atom stereocenters. The van der Waals surface area contributed by atoms with Gasteiger partial charge in [-0.1, -0.05) is 18.2 Å². The molecule has 110 valence electrons. The van der Waals surface area contributed by atoms with Gasteiger partial charge in [0.2, 0.25) is 5.91 Å². The van der Waals surface area contributed by atoms with Crippen LogP contribution in [0.2, 0.25) is 0 Å². The maximum absolute atomic E-state index is 12.4. The van der Waals surface area contributed by atoms with Crippen molar-refractivity contribution in [3.05, 3.63) is 29.8 Å². The number of carbonyl (C=O) groups is 1. The molecule has 0 saturated carbocycles. The maximum Gasteiger partial charge on any atom is 0.224 e. The molecule has 1 amide bonds. The largest absolute Gasteiger partial charge is 0.496 e. The molecular formula is C16H24N2O2. The van der Waals surface area contributed by atoms with Crippen molar-refractivity contribution in [2.45, 2.75) is 38.3 Å². The normalized spacial score (nSPS) is 19.6. The first-order valence-corrected chi connectivity index (χ1v) is 7.25. The number of rotatable bonds is 5. The molecule has 1 aromatic rings. The van der Waals surface area contributed by atoms with E-state index >= 15 is 0 Å². The topological polar surface area (TPSA) is 41.6 Å². The first-order chi connectivity index (χ1) is 9.63.